The fourth-order valence-electron chi connectivity index (χ4n) is 1.13. The van der Waals surface area contributed by atoms with E-state index in [1.54, 1.807) is 6.07 Å². The highest BCUT2D eigenvalue weighted by Gasteiger charge is 2.14. The number of aromatic nitrogens is 2. The Morgan fingerprint density at radius 2 is 2.33 bits per heavy atom. The van der Waals surface area contributed by atoms with Gasteiger partial charge in [-0.1, -0.05) is 13.8 Å². The molecule has 0 fully saturated rings. The van der Waals surface area contributed by atoms with Crippen LogP contribution in [0.5, 0.6) is 0 Å². The zero-order chi connectivity index (χ0) is 11.3. The minimum atomic E-state index is -0.117. The number of nitriles is 1. The predicted molar refractivity (Wildman–Crippen MR) is 56.1 cm³/mol. The van der Waals surface area contributed by atoms with E-state index in [2.05, 4.69) is 15.5 Å². The van der Waals surface area contributed by atoms with Crippen molar-refractivity contribution in [3.05, 3.63) is 17.8 Å². The lowest BCUT2D eigenvalue weighted by Crippen LogP contribution is -2.30. The molecular weight excluding hydrogens is 192 g/mol. The van der Waals surface area contributed by atoms with Crippen molar-refractivity contribution >= 4 is 5.82 Å². The van der Waals surface area contributed by atoms with Gasteiger partial charge < -0.3 is 10.4 Å². The van der Waals surface area contributed by atoms with Gasteiger partial charge in [0, 0.05) is 0 Å². The van der Waals surface area contributed by atoms with Crippen LogP contribution >= 0.6 is 0 Å². The molecule has 5 nitrogen and oxygen atoms in total. The van der Waals surface area contributed by atoms with Crippen LogP contribution in [0.2, 0.25) is 0 Å². The summed E-state index contributed by atoms with van der Waals surface area (Å²) >= 11 is 0. The molecule has 0 bridgehead atoms. The van der Waals surface area contributed by atoms with Gasteiger partial charge in [0.1, 0.15) is 6.07 Å². The Bertz CT molecular complexity index is 359. The molecule has 1 heterocycles. The first kappa shape index (κ1) is 11.4. The summed E-state index contributed by atoms with van der Waals surface area (Å²) in [4.78, 5) is 0. The molecule has 0 aliphatic heterocycles. The van der Waals surface area contributed by atoms with Gasteiger partial charge in [0.05, 0.1) is 24.4 Å². The van der Waals surface area contributed by atoms with Crippen LogP contribution in [0.25, 0.3) is 0 Å². The zero-order valence-electron chi connectivity index (χ0n) is 8.81. The average Bonchev–Trinajstić information content (AvgIpc) is 2.25. The molecule has 1 aromatic heterocycles. The Hall–Kier alpha value is -1.67. The summed E-state index contributed by atoms with van der Waals surface area (Å²) in [7, 11) is 0. The summed E-state index contributed by atoms with van der Waals surface area (Å²) in [5.41, 5.74) is 0.434. The lowest BCUT2D eigenvalue weighted by atomic mass is 10.1. The van der Waals surface area contributed by atoms with E-state index in [0.29, 0.717) is 11.4 Å². The van der Waals surface area contributed by atoms with Gasteiger partial charge in [0.15, 0.2) is 5.82 Å². The molecule has 0 radical (unpaired) electrons. The van der Waals surface area contributed by atoms with Gasteiger partial charge in [0.2, 0.25) is 0 Å². The Morgan fingerprint density at radius 3 is 2.87 bits per heavy atom. The fraction of sp³-hybridized carbons (Fsp3) is 0.500. The summed E-state index contributed by atoms with van der Waals surface area (Å²) in [5, 5.41) is 28.5. The molecule has 5 heteroatoms. The molecule has 0 amide bonds. The normalized spacial score (nSPS) is 12.2. The second kappa shape index (κ2) is 5.27. The van der Waals surface area contributed by atoms with Crippen LogP contribution in [0.15, 0.2) is 12.3 Å². The molecule has 0 aliphatic rings. The Morgan fingerprint density at radius 1 is 1.60 bits per heavy atom. The third-order valence-corrected chi connectivity index (χ3v) is 2.16. The van der Waals surface area contributed by atoms with Crippen molar-refractivity contribution in [2.45, 2.75) is 19.9 Å². The Balaban J connectivity index is 2.84. The Labute approximate surface area is 88.8 Å². The number of hydrogen-bond donors (Lipinski definition) is 2. The standard InChI is InChI=1S/C10H14N4O/c1-7(2)9(6-15)13-10-8(5-11)3-4-12-14-10/h3-4,7,9,15H,6H2,1-2H3,(H,13,14)/t9-/m1/s1. The zero-order valence-corrected chi connectivity index (χ0v) is 8.81. The third kappa shape index (κ3) is 2.89. The molecule has 0 spiro atoms. The van der Waals surface area contributed by atoms with Crippen molar-refractivity contribution in [1.82, 2.24) is 10.2 Å². The maximum Gasteiger partial charge on any atom is 0.166 e. The quantitative estimate of drug-likeness (QED) is 0.760. The largest absolute Gasteiger partial charge is 0.394 e. The molecule has 1 rings (SSSR count). The molecule has 15 heavy (non-hydrogen) atoms. The number of aliphatic hydroxyl groups excluding tert-OH is 1. The number of hydrogen-bond acceptors (Lipinski definition) is 5. The van der Waals surface area contributed by atoms with Crippen molar-refractivity contribution in [2.24, 2.45) is 5.92 Å². The van der Waals surface area contributed by atoms with E-state index in [9.17, 15) is 0 Å². The van der Waals surface area contributed by atoms with Crippen molar-refractivity contribution in [2.75, 3.05) is 11.9 Å². The molecule has 80 valence electrons. The van der Waals surface area contributed by atoms with Crippen LogP contribution in [0.1, 0.15) is 19.4 Å². The van der Waals surface area contributed by atoms with E-state index in [-0.39, 0.29) is 18.6 Å². The van der Waals surface area contributed by atoms with Crippen molar-refractivity contribution in [3.8, 4) is 6.07 Å². The van der Waals surface area contributed by atoms with Crippen LogP contribution in [-0.2, 0) is 0 Å². The summed E-state index contributed by atoms with van der Waals surface area (Å²) < 4.78 is 0. The smallest absolute Gasteiger partial charge is 0.166 e. The third-order valence-electron chi connectivity index (χ3n) is 2.16. The average molecular weight is 206 g/mol. The molecule has 0 saturated carbocycles. The summed E-state index contributed by atoms with van der Waals surface area (Å²) in [6, 6.07) is 3.49. The summed E-state index contributed by atoms with van der Waals surface area (Å²) in [6.07, 6.45) is 1.47. The van der Waals surface area contributed by atoms with Gasteiger partial charge in [0.25, 0.3) is 0 Å². The van der Waals surface area contributed by atoms with Gasteiger partial charge >= 0.3 is 0 Å². The fourth-order valence-corrected chi connectivity index (χ4v) is 1.13. The number of aliphatic hydroxyl groups is 1. The first-order valence-electron chi connectivity index (χ1n) is 4.78. The lowest BCUT2D eigenvalue weighted by molar-refractivity contribution is 0.249. The number of rotatable bonds is 4. The van der Waals surface area contributed by atoms with E-state index >= 15 is 0 Å². The molecule has 1 atom stereocenters. The predicted octanol–water partition coefficient (Wildman–Crippen LogP) is 0.777. The van der Waals surface area contributed by atoms with Gasteiger partial charge in [-0.2, -0.15) is 10.4 Å². The second-order valence-corrected chi connectivity index (χ2v) is 3.58. The molecule has 0 aliphatic carbocycles. The highest BCUT2D eigenvalue weighted by Crippen LogP contribution is 2.13. The van der Waals surface area contributed by atoms with Crippen molar-refractivity contribution in [3.63, 3.8) is 0 Å². The van der Waals surface area contributed by atoms with E-state index in [1.165, 1.54) is 6.20 Å². The highest BCUT2D eigenvalue weighted by molar-refractivity contribution is 5.50. The van der Waals surface area contributed by atoms with E-state index < -0.39 is 0 Å². The first-order valence-corrected chi connectivity index (χ1v) is 4.78. The molecule has 0 unspecified atom stereocenters. The maximum atomic E-state index is 9.13. The second-order valence-electron chi connectivity index (χ2n) is 3.58. The molecule has 1 aromatic rings. The van der Waals surface area contributed by atoms with Crippen LogP contribution in [0, 0.1) is 17.2 Å². The number of nitrogens with zero attached hydrogens (tertiary/aromatic N) is 3. The van der Waals surface area contributed by atoms with E-state index in [0.717, 1.165) is 0 Å². The minimum absolute atomic E-state index is 0.000883. The number of nitrogens with one attached hydrogen (secondary N) is 1. The van der Waals surface area contributed by atoms with Gasteiger partial charge in [-0.05, 0) is 12.0 Å². The topological polar surface area (TPSA) is 81.8 Å². The monoisotopic (exact) mass is 206 g/mol. The van der Waals surface area contributed by atoms with Crippen molar-refractivity contribution < 1.29 is 5.11 Å². The van der Waals surface area contributed by atoms with E-state index in [1.807, 2.05) is 19.9 Å². The van der Waals surface area contributed by atoms with Crippen LogP contribution < -0.4 is 5.32 Å². The summed E-state index contributed by atoms with van der Waals surface area (Å²) in [5.74, 6) is 0.677. The van der Waals surface area contributed by atoms with Crippen LogP contribution in [-0.4, -0.2) is 28.0 Å². The van der Waals surface area contributed by atoms with Gasteiger partial charge in [-0.3, -0.25) is 0 Å². The van der Waals surface area contributed by atoms with Gasteiger partial charge in [-0.25, -0.2) is 0 Å². The highest BCUT2D eigenvalue weighted by atomic mass is 16.3. The molecule has 0 aromatic carbocycles. The number of anilines is 1. The van der Waals surface area contributed by atoms with Crippen LogP contribution in [0.4, 0.5) is 5.82 Å². The molecule has 0 saturated heterocycles. The van der Waals surface area contributed by atoms with Crippen molar-refractivity contribution in [1.29, 1.82) is 5.26 Å². The summed E-state index contributed by atoms with van der Waals surface area (Å²) in [6.45, 7) is 3.96. The van der Waals surface area contributed by atoms with Gasteiger partial charge in [-0.15, -0.1) is 5.10 Å². The van der Waals surface area contributed by atoms with E-state index in [4.69, 9.17) is 10.4 Å². The maximum absolute atomic E-state index is 9.13. The lowest BCUT2D eigenvalue weighted by Gasteiger charge is -2.20. The molecule has 2 N–H and O–H groups in total. The first-order chi connectivity index (χ1) is 7.19. The Kier molecular flexibility index (Phi) is 4.01. The van der Waals surface area contributed by atoms with Crippen LogP contribution in [0.3, 0.4) is 0 Å². The minimum Gasteiger partial charge on any atom is -0.394 e. The SMILES string of the molecule is CC(C)[C@@H](CO)Nc1nnccc1C#N. The molecular formula is C10H14N4O.